The zero-order chi connectivity index (χ0) is 31.3. The predicted octanol–water partition coefficient (Wildman–Crippen LogP) is 4.89. The summed E-state index contributed by atoms with van der Waals surface area (Å²) in [5.41, 5.74) is 6.99. The van der Waals surface area contributed by atoms with Crippen molar-refractivity contribution in [2.45, 2.75) is 18.8 Å². The van der Waals surface area contributed by atoms with E-state index in [-0.39, 0.29) is 0 Å². The molecule has 0 aromatic carbocycles. The van der Waals surface area contributed by atoms with E-state index in [0.29, 0.717) is 28.8 Å². The molecular formula is C30H27N15S2. The first-order valence-corrected chi connectivity index (χ1v) is 16.6. The zero-order valence-corrected chi connectivity index (χ0v) is 26.7. The molecule has 3 N–H and O–H groups in total. The van der Waals surface area contributed by atoms with E-state index in [1.165, 1.54) is 29.5 Å². The molecule has 8 aromatic rings. The molecule has 1 aliphatic rings. The number of piperidine rings is 1. The molecule has 1 aliphatic heterocycles. The molecular weight excluding hydrogens is 635 g/mol. The summed E-state index contributed by atoms with van der Waals surface area (Å²) in [5, 5.41) is 21.0. The van der Waals surface area contributed by atoms with Crippen LogP contribution in [0.4, 0.5) is 21.6 Å². The number of hydrogen-bond acceptors (Lipinski definition) is 13. The van der Waals surface area contributed by atoms with Crippen molar-refractivity contribution in [1.82, 2.24) is 62.4 Å². The Morgan fingerprint density at radius 2 is 1.57 bits per heavy atom. The van der Waals surface area contributed by atoms with Gasteiger partial charge in [-0.15, -0.1) is 0 Å². The van der Waals surface area contributed by atoms with Crippen molar-refractivity contribution in [2.75, 3.05) is 23.7 Å². The van der Waals surface area contributed by atoms with Crippen molar-refractivity contribution < 1.29 is 0 Å². The topological polar surface area (TPSA) is 158 Å². The summed E-state index contributed by atoms with van der Waals surface area (Å²) in [6.45, 7) is 2.05. The Balaban J connectivity index is 0.976. The van der Waals surface area contributed by atoms with Crippen LogP contribution in [-0.4, -0.2) is 70.1 Å². The lowest BCUT2D eigenvalue weighted by Gasteiger charge is -2.20. The molecule has 9 rings (SSSR count). The lowest BCUT2D eigenvalue weighted by Crippen LogP contribution is -2.28. The van der Waals surface area contributed by atoms with Crippen molar-refractivity contribution >= 4 is 56.0 Å². The Kier molecular flexibility index (Phi) is 6.72. The van der Waals surface area contributed by atoms with Gasteiger partial charge in [-0.25, -0.2) is 24.6 Å². The van der Waals surface area contributed by atoms with Crippen LogP contribution in [-0.2, 0) is 7.05 Å². The summed E-state index contributed by atoms with van der Waals surface area (Å²) in [6.07, 6.45) is 22.6. The van der Waals surface area contributed by atoms with E-state index in [9.17, 15) is 0 Å². The molecule has 1 atom stereocenters. The van der Waals surface area contributed by atoms with Gasteiger partial charge in [0.25, 0.3) is 0 Å². The Hall–Kier alpha value is -5.52. The quantitative estimate of drug-likeness (QED) is 0.204. The summed E-state index contributed by atoms with van der Waals surface area (Å²) in [5.74, 6) is 1.73. The van der Waals surface area contributed by atoms with E-state index in [4.69, 9.17) is 9.36 Å². The Labute approximate surface area is 275 Å². The second-order valence-corrected chi connectivity index (χ2v) is 12.9. The standard InChI is InChI=1S/C30H27N15S2/c1-42-16-19(11-36-42)22-13-35-29-27(33-6-8-43(22)29)40-30-24(15-38-47-30)45-17-20(12-37-45)23-14-34-28-26(32-5-7-44(23)28)39-25-9-21(41-46-25)18-3-2-4-31-10-18/h5-9,11-18,31H,2-4,10H2,1H3,(H,32,39)(H,33,40). The van der Waals surface area contributed by atoms with Crippen molar-refractivity contribution in [3.63, 3.8) is 0 Å². The monoisotopic (exact) mass is 661 g/mol. The van der Waals surface area contributed by atoms with Gasteiger partial charge in [-0.1, -0.05) is 0 Å². The summed E-state index contributed by atoms with van der Waals surface area (Å²) >= 11 is 2.77. The minimum absolute atomic E-state index is 0.448. The first kappa shape index (κ1) is 27.8. The van der Waals surface area contributed by atoms with Crippen LogP contribution in [0.1, 0.15) is 24.5 Å². The van der Waals surface area contributed by atoms with Crippen LogP contribution in [0.5, 0.6) is 0 Å². The molecule has 0 spiro atoms. The number of rotatable bonds is 8. The number of aromatic nitrogens is 12. The number of nitrogens with zero attached hydrogens (tertiary/aromatic N) is 12. The van der Waals surface area contributed by atoms with Crippen molar-refractivity contribution in [3.05, 3.63) is 79.9 Å². The number of nitrogens with one attached hydrogen (secondary N) is 3. The number of aryl methyl sites for hydroxylation is 1. The zero-order valence-electron chi connectivity index (χ0n) is 25.0. The highest BCUT2D eigenvalue weighted by molar-refractivity contribution is 7.10. The third-order valence-electron chi connectivity index (χ3n) is 8.25. The molecule has 0 saturated carbocycles. The average molecular weight is 662 g/mol. The van der Waals surface area contributed by atoms with Crippen molar-refractivity contribution in [1.29, 1.82) is 0 Å². The van der Waals surface area contributed by atoms with Gasteiger partial charge in [0.15, 0.2) is 22.9 Å². The van der Waals surface area contributed by atoms with Crippen LogP contribution in [0.3, 0.4) is 0 Å². The molecule has 1 unspecified atom stereocenters. The fourth-order valence-electron chi connectivity index (χ4n) is 5.94. The van der Waals surface area contributed by atoms with Crippen LogP contribution in [0.2, 0.25) is 0 Å². The van der Waals surface area contributed by atoms with Gasteiger partial charge in [-0.3, -0.25) is 13.5 Å². The molecule has 47 heavy (non-hydrogen) atoms. The van der Waals surface area contributed by atoms with Gasteiger partial charge in [0.1, 0.15) is 15.7 Å². The summed E-state index contributed by atoms with van der Waals surface area (Å²) in [4.78, 5) is 18.5. The highest BCUT2D eigenvalue weighted by Crippen LogP contribution is 2.33. The maximum Gasteiger partial charge on any atom is 0.180 e. The van der Waals surface area contributed by atoms with Gasteiger partial charge >= 0.3 is 0 Å². The second kappa shape index (κ2) is 11.4. The molecule has 0 radical (unpaired) electrons. The van der Waals surface area contributed by atoms with E-state index >= 15 is 0 Å². The van der Waals surface area contributed by atoms with E-state index in [0.717, 1.165) is 63.4 Å². The van der Waals surface area contributed by atoms with Crippen LogP contribution >= 0.6 is 23.1 Å². The number of fused-ring (bicyclic) bond motifs is 2. The SMILES string of the molecule is Cn1cc(-c2cnc3c(Nc4sncc4-n4cc(-c5cnc6c(Nc7cc(C8CCCNC8)ns7)nccn56)cn4)nccn23)cn1. The normalized spacial score (nSPS) is 15.1. The minimum atomic E-state index is 0.448. The van der Waals surface area contributed by atoms with Gasteiger partial charge < -0.3 is 16.0 Å². The Morgan fingerprint density at radius 3 is 2.30 bits per heavy atom. The Bertz CT molecular complexity index is 2350. The highest BCUT2D eigenvalue weighted by Gasteiger charge is 2.20. The first-order valence-electron chi connectivity index (χ1n) is 15.0. The molecule has 0 aliphatic carbocycles. The van der Waals surface area contributed by atoms with Crippen LogP contribution in [0.15, 0.2) is 74.2 Å². The van der Waals surface area contributed by atoms with Gasteiger partial charge in [-0.2, -0.15) is 18.9 Å². The van der Waals surface area contributed by atoms with E-state index in [2.05, 4.69) is 51.5 Å². The fraction of sp³-hybridized carbons (Fsp3) is 0.200. The van der Waals surface area contributed by atoms with E-state index in [1.54, 1.807) is 28.0 Å². The van der Waals surface area contributed by atoms with Gasteiger partial charge in [0.05, 0.1) is 48.1 Å². The van der Waals surface area contributed by atoms with Crippen LogP contribution in [0, 0.1) is 0 Å². The maximum absolute atomic E-state index is 4.72. The summed E-state index contributed by atoms with van der Waals surface area (Å²) in [7, 11) is 1.89. The smallest absolute Gasteiger partial charge is 0.180 e. The molecule has 15 nitrogen and oxygen atoms in total. The lowest BCUT2D eigenvalue weighted by atomic mass is 9.96. The number of hydrogen-bond donors (Lipinski definition) is 3. The summed E-state index contributed by atoms with van der Waals surface area (Å²) < 4.78 is 16.7. The molecule has 1 saturated heterocycles. The largest absolute Gasteiger partial charge is 0.328 e. The second-order valence-electron chi connectivity index (χ2n) is 11.3. The van der Waals surface area contributed by atoms with E-state index in [1.807, 2.05) is 65.4 Å². The molecule has 8 aromatic heterocycles. The molecule has 1 fully saturated rings. The molecule has 17 heteroatoms. The van der Waals surface area contributed by atoms with Crippen LogP contribution in [0.25, 0.3) is 39.5 Å². The van der Waals surface area contributed by atoms with Crippen LogP contribution < -0.4 is 16.0 Å². The third kappa shape index (κ3) is 5.00. The molecule has 234 valence electrons. The minimum Gasteiger partial charge on any atom is -0.328 e. The predicted molar refractivity (Wildman–Crippen MR) is 180 cm³/mol. The summed E-state index contributed by atoms with van der Waals surface area (Å²) in [6, 6.07) is 2.13. The third-order valence-corrected chi connectivity index (χ3v) is 9.67. The van der Waals surface area contributed by atoms with Crippen molar-refractivity contribution in [2.24, 2.45) is 7.05 Å². The highest BCUT2D eigenvalue weighted by atomic mass is 32.1. The molecule has 0 bridgehead atoms. The molecule has 9 heterocycles. The maximum atomic E-state index is 4.72. The van der Waals surface area contributed by atoms with Gasteiger partial charge in [0, 0.05) is 67.8 Å². The first-order chi connectivity index (χ1) is 23.2. The fourth-order valence-corrected chi connectivity index (χ4v) is 7.30. The Morgan fingerprint density at radius 1 is 0.830 bits per heavy atom. The molecule has 0 amide bonds. The van der Waals surface area contributed by atoms with E-state index < -0.39 is 0 Å². The average Bonchev–Trinajstić information content (AvgIpc) is 3.94. The van der Waals surface area contributed by atoms with Gasteiger partial charge in [-0.05, 0) is 48.5 Å². The lowest BCUT2D eigenvalue weighted by molar-refractivity contribution is 0.457. The number of anilines is 4. The number of imidazole rings is 2. The van der Waals surface area contributed by atoms with Gasteiger partial charge in [0.2, 0.25) is 0 Å². The van der Waals surface area contributed by atoms with Crippen molar-refractivity contribution in [3.8, 4) is 28.2 Å².